The van der Waals surface area contributed by atoms with Gasteiger partial charge < -0.3 is 4.57 Å². The molecule has 1 aliphatic rings. The first-order valence-corrected chi connectivity index (χ1v) is 8.45. The number of carbonyl (C=O) groups is 3. The molecule has 0 radical (unpaired) electrons. The second kappa shape index (κ2) is 6.96. The first-order chi connectivity index (χ1) is 13.6. The smallest absolute Gasteiger partial charge is 0.317 e. The van der Waals surface area contributed by atoms with Gasteiger partial charge in [0.1, 0.15) is 11.4 Å². The van der Waals surface area contributed by atoms with Crippen molar-refractivity contribution in [2.45, 2.75) is 0 Å². The Balaban J connectivity index is 1.77. The molecule has 1 saturated heterocycles. The lowest BCUT2D eigenvalue weighted by Crippen LogP contribution is -2.54. The minimum absolute atomic E-state index is 0.221. The van der Waals surface area contributed by atoms with Crippen molar-refractivity contribution in [1.82, 2.24) is 9.88 Å². The Morgan fingerprint density at radius 1 is 0.857 bits per heavy atom. The third-order valence-electron chi connectivity index (χ3n) is 4.30. The van der Waals surface area contributed by atoms with Crippen LogP contribution in [-0.2, 0) is 9.59 Å². The molecule has 28 heavy (non-hydrogen) atoms. The molecule has 0 aliphatic carbocycles. The van der Waals surface area contributed by atoms with Crippen molar-refractivity contribution >= 4 is 29.6 Å². The molecule has 3 aromatic rings. The second-order valence-corrected chi connectivity index (χ2v) is 6.05. The van der Waals surface area contributed by atoms with Crippen molar-refractivity contribution in [3.8, 4) is 5.69 Å². The van der Waals surface area contributed by atoms with E-state index in [2.05, 4.69) is 5.32 Å². The van der Waals surface area contributed by atoms with Crippen LogP contribution in [0.15, 0.2) is 78.5 Å². The summed E-state index contributed by atoms with van der Waals surface area (Å²) < 4.78 is 15.9. The predicted octanol–water partition coefficient (Wildman–Crippen LogP) is 3.28. The SMILES string of the molecule is O=C1NC(=O)N(c2ccccc2F)C(=O)/C1=C\c1cccn1-c1ccccc1. The number of barbiturate groups is 1. The topological polar surface area (TPSA) is 71.4 Å². The van der Waals surface area contributed by atoms with Crippen LogP contribution in [0.2, 0.25) is 0 Å². The lowest BCUT2D eigenvalue weighted by Gasteiger charge is -2.26. The summed E-state index contributed by atoms with van der Waals surface area (Å²) in [6, 6.07) is 17.2. The maximum Gasteiger partial charge on any atom is 0.336 e. The first-order valence-electron chi connectivity index (χ1n) is 8.45. The summed E-state index contributed by atoms with van der Waals surface area (Å²) >= 11 is 0. The molecule has 0 saturated carbocycles. The van der Waals surface area contributed by atoms with E-state index in [0.29, 0.717) is 10.6 Å². The quantitative estimate of drug-likeness (QED) is 0.564. The Morgan fingerprint density at radius 2 is 1.57 bits per heavy atom. The van der Waals surface area contributed by atoms with E-state index in [0.717, 1.165) is 11.8 Å². The van der Waals surface area contributed by atoms with E-state index in [1.54, 1.807) is 22.9 Å². The van der Waals surface area contributed by atoms with E-state index in [9.17, 15) is 18.8 Å². The van der Waals surface area contributed by atoms with E-state index in [1.807, 2.05) is 30.3 Å². The number of anilines is 1. The van der Waals surface area contributed by atoms with Gasteiger partial charge in [0.2, 0.25) is 0 Å². The Morgan fingerprint density at radius 3 is 2.32 bits per heavy atom. The molecule has 2 aromatic carbocycles. The number of benzene rings is 2. The number of hydrogen-bond donors (Lipinski definition) is 1. The van der Waals surface area contributed by atoms with Crippen LogP contribution in [0, 0.1) is 5.82 Å². The number of hydrogen-bond acceptors (Lipinski definition) is 3. The second-order valence-electron chi connectivity index (χ2n) is 6.05. The van der Waals surface area contributed by atoms with Gasteiger partial charge in [0.15, 0.2) is 0 Å². The number of para-hydroxylation sites is 2. The molecule has 1 aliphatic heterocycles. The first kappa shape index (κ1) is 17.4. The molecular weight excluding hydrogens is 361 g/mol. The van der Waals surface area contributed by atoms with Gasteiger partial charge in [-0.2, -0.15) is 0 Å². The normalized spacial score (nSPS) is 15.8. The number of rotatable bonds is 3. The van der Waals surface area contributed by atoms with Crippen molar-refractivity contribution in [1.29, 1.82) is 0 Å². The fourth-order valence-electron chi connectivity index (χ4n) is 2.99. The van der Waals surface area contributed by atoms with Crippen LogP contribution < -0.4 is 10.2 Å². The zero-order valence-corrected chi connectivity index (χ0v) is 14.5. The van der Waals surface area contributed by atoms with Gasteiger partial charge in [-0.25, -0.2) is 14.1 Å². The van der Waals surface area contributed by atoms with Crippen LogP contribution in [0.25, 0.3) is 11.8 Å². The van der Waals surface area contributed by atoms with Crippen molar-refractivity contribution in [2.75, 3.05) is 4.90 Å². The van der Waals surface area contributed by atoms with Gasteiger partial charge >= 0.3 is 6.03 Å². The number of amides is 4. The Labute approximate surface area is 159 Å². The van der Waals surface area contributed by atoms with Gasteiger partial charge in [-0.3, -0.25) is 14.9 Å². The Hall–Kier alpha value is -4.00. The van der Waals surface area contributed by atoms with Crippen LogP contribution in [-0.4, -0.2) is 22.4 Å². The minimum atomic E-state index is -0.990. The number of nitrogens with one attached hydrogen (secondary N) is 1. The molecule has 138 valence electrons. The van der Waals surface area contributed by atoms with E-state index < -0.39 is 23.7 Å². The summed E-state index contributed by atoms with van der Waals surface area (Å²) in [5, 5.41) is 2.09. The standard InChI is InChI=1S/C21H14FN3O3/c22-17-10-4-5-11-18(17)25-20(27)16(19(26)23-21(25)28)13-15-9-6-12-24(15)14-7-2-1-3-8-14/h1-13H,(H,23,26,28)/b16-13-. The third kappa shape index (κ3) is 2.99. The number of carbonyl (C=O) groups excluding carboxylic acids is 3. The van der Waals surface area contributed by atoms with E-state index in [4.69, 9.17) is 0 Å². The highest BCUT2D eigenvalue weighted by molar-refractivity contribution is 6.39. The maximum atomic E-state index is 14.1. The molecule has 7 heteroatoms. The highest BCUT2D eigenvalue weighted by Gasteiger charge is 2.38. The van der Waals surface area contributed by atoms with Crippen LogP contribution in [0.3, 0.4) is 0 Å². The molecule has 0 bridgehead atoms. The Kier molecular flexibility index (Phi) is 4.33. The molecule has 2 heterocycles. The van der Waals surface area contributed by atoms with Crippen LogP contribution in [0.5, 0.6) is 0 Å². The van der Waals surface area contributed by atoms with Crippen LogP contribution >= 0.6 is 0 Å². The summed E-state index contributed by atoms with van der Waals surface area (Å²) in [7, 11) is 0. The average Bonchev–Trinajstić information content (AvgIpc) is 3.15. The van der Waals surface area contributed by atoms with Gasteiger partial charge in [-0.1, -0.05) is 30.3 Å². The van der Waals surface area contributed by atoms with Gasteiger partial charge in [-0.05, 0) is 42.5 Å². The van der Waals surface area contributed by atoms with Crippen LogP contribution in [0.1, 0.15) is 5.69 Å². The third-order valence-corrected chi connectivity index (χ3v) is 4.30. The monoisotopic (exact) mass is 375 g/mol. The molecule has 1 N–H and O–H groups in total. The van der Waals surface area contributed by atoms with Gasteiger partial charge in [-0.15, -0.1) is 0 Å². The molecule has 0 spiro atoms. The van der Waals surface area contributed by atoms with Gasteiger partial charge in [0.25, 0.3) is 11.8 Å². The summed E-state index contributed by atoms with van der Waals surface area (Å²) in [4.78, 5) is 38.0. The summed E-state index contributed by atoms with van der Waals surface area (Å²) in [5.74, 6) is -2.46. The largest absolute Gasteiger partial charge is 0.336 e. The van der Waals surface area contributed by atoms with Crippen molar-refractivity contribution in [2.24, 2.45) is 0 Å². The number of urea groups is 1. The lowest BCUT2D eigenvalue weighted by atomic mass is 10.1. The van der Waals surface area contributed by atoms with E-state index in [-0.39, 0.29) is 11.3 Å². The summed E-state index contributed by atoms with van der Waals surface area (Å²) in [5.41, 5.74) is 0.915. The minimum Gasteiger partial charge on any atom is -0.317 e. The number of aromatic nitrogens is 1. The van der Waals surface area contributed by atoms with Crippen molar-refractivity contribution < 1.29 is 18.8 Å². The summed E-state index contributed by atoms with van der Waals surface area (Å²) in [6.45, 7) is 0. The van der Waals surface area contributed by atoms with E-state index in [1.165, 1.54) is 24.3 Å². The molecule has 4 amide bonds. The molecule has 0 unspecified atom stereocenters. The van der Waals surface area contributed by atoms with Gasteiger partial charge in [0.05, 0.1) is 5.69 Å². The summed E-state index contributed by atoms with van der Waals surface area (Å²) in [6.07, 6.45) is 3.16. The lowest BCUT2D eigenvalue weighted by molar-refractivity contribution is -0.122. The molecule has 6 nitrogen and oxygen atoms in total. The Bertz CT molecular complexity index is 1120. The molecule has 4 rings (SSSR count). The number of halogens is 1. The van der Waals surface area contributed by atoms with Crippen LogP contribution in [0.4, 0.5) is 14.9 Å². The maximum absolute atomic E-state index is 14.1. The highest BCUT2D eigenvalue weighted by atomic mass is 19.1. The zero-order valence-electron chi connectivity index (χ0n) is 14.5. The highest BCUT2D eigenvalue weighted by Crippen LogP contribution is 2.25. The molecule has 0 atom stereocenters. The fourth-order valence-corrected chi connectivity index (χ4v) is 2.99. The van der Waals surface area contributed by atoms with Crippen molar-refractivity contribution in [3.63, 3.8) is 0 Å². The number of nitrogens with zero attached hydrogens (tertiary/aromatic N) is 2. The predicted molar refractivity (Wildman–Crippen MR) is 101 cm³/mol. The average molecular weight is 375 g/mol. The molecule has 1 aromatic heterocycles. The van der Waals surface area contributed by atoms with Gasteiger partial charge in [0, 0.05) is 17.6 Å². The zero-order chi connectivity index (χ0) is 19.7. The molecular formula is C21H14FN3O3. The van der Waals surface area contributed by atoms with Crippen molar-refractivity contribution in [3.05, 3.63) is 90.0 Å². The van der Waals surface area contributed by atoms with E-state index >= 15 is 0 Å². The molecule has 1 fully saturated rings. The number of imide groups is 2. The fraction of sp³-hybridized carbons (Fsp3) is 0.